The molecular formula is C54H100N2O14. The van der Waals surface area contributed by atoms with Gasteiger partial charge in [0.1, 0.15) is 36.6 Å². The van der Waals surface area contributed by atoms with E-state index in [1.807, 2.05) is 12.2 Å². The van der Waals surface area contributed by atoms with Gasteiger partial charge < -0.3 is 69.7 Å². The number of hydrogen-bond donors (Lipinski definition) is 8. The third-order valence-electron chi connectivity index (χ3n) is 13.4. The van der Waals surface area contributed by atoms with Crippen LogP contribution in [0.25, 0.3) is 0 Å². The summed E-state index contributed by atoms with van der Waals surface area (Å²) in [5.41, 5.74) is 0. The predicted molar refractivity (Wildman–Crippen MR) is 272 cm³/mol. The van der Waals surface area contributed by atoms with E-state index in [9.17, 15) is 40.2 Å². The van der Waals surface area contributed by atoms with E-state index in [4.69, 9.17) is 28.4 Å². The maximum Gasteiger partial charge on any atom is 0.407 e. The molecule has 0 unspecified atom stereocenters. The number of alkyl carbamates (subject to hydrolysis) is 2. The summed E-state index contributed by atoms with van der Waals surface area (Å²) in [5, 5.41) is 67.7. The van der Waals surface area contributed by atoms with Crippen molar-refractivity contribution in [2.24, 2.45) is 0 Å². The molecule has 70 heavy (non-hydrogen) atoms. The van der Waals surface area contributed by atoms with Crippen LogP contribution in [-0.2, 0) is 28.4 Å². The molecule has 0 bridgehead atoms. The second kappa shape index (κ2) is 43.1. The van der Waals surface area contributed by atoms with Crippen molar-refractivity contribution in [2.75, 3.05) is 39.5 Å². The third-order valence-corrected chi connectivity index (χ3v) is 13.4. The van der Waals surface area contributed by atoms with Crippen molar-refractivity contribution < 1.29 is 68.6 Å². The van der Waals surface area contributed by atoms with Crippen molar-refractivity contribution >= 4 is 12.2 Å². The number of rotatable bonds is 45. The van der Waals surface area contributed by atoms with Gasteiger partial charge in [-0.05, 0) is 51.4 Å². The zero-order valence-electron chi connectivity index (χ0n) is 43.2. The monoisotopic (exact) mass is 1000 g/mol. The first kappa shape index (κ1) is 63.7. The van der Waals surface area contributed by atoms with Crippen LogP contribution in [0, 0.1) is 0 Å². The highest BCUT2D eigenvalue weighted by Crippen LogP contribution is 2.27. The first-order valence-corrected chi connectivity index (χ1v) is 27.8. The van der Waals surface area contributed by atoms with Crippen LogP contribution in [0.5, 0.6) is 0 Å². The van der Waals surface area contributed by atoms with Crippen LogP contribution in [0.1, 0.15) is 205 Å². The van der Waals surface area contributed by atoms with Crippen LogP contribution in [0.3, 0.4) is 0 Å². The van der Waals surface area contributed by atoms with E-state index in [1.54, 1.807) is 0 Å². The number of allylic oxidation sites excluding steroid dienone is 2. The number of aliphatic hydroxyl groups is 6. The zero-order chi connectivity index (χ0) is 50.9. The lowest BCUT2D eigenvalue weighted by molar-refractivity contribution is -0.300. The van der Waals surface area contributed by atoms with Gasteiger partial charge in [-0.15, -0.1) is 13.2 Å². The molecule has 2 fully saturated rings. The van der Waals surface area contributed by atoms with Crippen LogP contribution in [0.4, 0.5) is 9.59 Å². The van der Waals surface area contributed by atoms with Crippen molar-refractivity contribution in [3.8, 4) is 0 Å². The quantitative estimate of drug-likeness (QED) is 0.0210. The van der Waals surface area contributed by atoms with Crippen LogP contribution < -0.4 is 10.6 Å². The highest BCUT2D eigenvalue weighted by Gasteiger charge is 2.48. The summed E-state index contributed by atoms with van der Waals surface area (Å²) in [6, 6.07) is 0. The minimum atomic E-state index is -1.45. The van der Waals surface area contributed by atoms with Crippen LogP contribution in [0.2, 0.25) is 0 Å². The van der Waals surface area contributed by atoms with E-state index in [1.165, 1.54) is 89.9 Å². The highest BCUT2D eigenvalue weighted by molar-refractivity contribution is 5.67. The summed E-state index contributed by atoms with van der Waals surface area (Å²) in [6.07, 6.45) is 25.6. The van der Waals surface area contributed by atoms with Gasteiger partial charge in [0.2, 0.25) is 0 Å². The molecule has 0 saturated carbocycles. The van der Waals surface area contributed by atoms with E-state index in [-0.39, 0.29) is 0 Å². The molecule has 10 atom stereocenters. The molecule has 2 aliphatic heterocycles. The summed E-state index contributed by atoms with van der Waals surface area (Å²) < 4.78 is 33.6. The molecule has 2 heterocycles. The molecule has 0 aromatic rings. The summed E-state index contributed by atoms with van der Waals surface area (Å²) in [5.74, 6) is 0. The number of carbonyl (C=O) groups is 2. The molecule has 0 aromatic carbocycles. The SMILES string of the molecule is C=CCCCCCCCCNC(=O)O[C@@H]1[C@H](O)[C@@H](O)[C@@H](OCCCCCCCCCCCCCCCCCCCCO[C@H]2O[C@H](CO)[C@H](OC(=O)NCCCCCCCCC=C)[C@H](O)[C@H]2O)O[C@@H]1CO. The van der Waals surface area contributed by atoms with Crippen molar-refractivity contribution in [1.82, 2.24) is 10.6 Å². The Morgan fingerprint density at radius 2 is 0.686 bits per heavy atom. The Kier molecular flexibility index (Phi) is 39.2. The van der Waals surface area contributed by atoms with Gasteiger partial charge in [-0.2, -0.15) is 0 Å². The van der Waals surface area contributed by atoms with Gasteiger partial charge in [-0.3, -0.25) is 0 Å². The second-order valence-corrected chi connectivity index (χ2v) is 19.5. The number of hydrogen-bond acceptors (Lipinski definition) is 14. The highest BCUT2D eigenvalue weighted by atomic mass is 16.7. The van der Waals surface area contributed by atoms with Crippen LogP contribution >= 0.6 is 0 Å². The van der Waals surface area contributed by atoms with E-state index in [2.05, 4.69) is 23.8 Å². The van der Waals surface area contributed by atoms with Crippen LogP contribution in [-0.4, -0.2) is 144 Å². The summed E-state index contributed by atoms with van der Waals surface area (Å²) in [4.78, 5) is 24.7. The Labute approximate surface area is 422 Å². The molecule has 0 aliphatic carbocycles. The molecule has 16 heteroatoms. The summed E-state index contributed by atoms with van der Waals surface area (Å²) >= 11 is 0. The lowest BCUT2D eigenvalue weighted by Gasteiger charge is -2.41. The molecule has 0 radical (unpaired) electrons. The Hall–Kier alpha value is -2.38. The lowest BCUT2D eigenvalue weighted by Crippen LogP contribution is -2.61. The number of carbonyl (C=O) groups excluding carboxylic acids is 2. The van der Waals surface area contributed by atoms with Gasteiger partial charge in [-0.25, -0.2) is 9.59 Å². The topological polar surface area (TPSA) is 235 Å². The smallest absolute Gasteiger partial charge is 0.407 e. The largest absolute Gasteiger partial charge is 0.440 e. The van der Waals surface area contributed by atoms with Gasteiger partial charge >= 0.3 is 12.2 Å². The van der Waals surface area contributed by atoms with E-state index < -0.39 is 86.8 Å². The average molecular weight is 1000 g/mol. The summed E-state index contributed by atoms with van der Waals surface area (Å²) in [7, 11) is 0. The number of ether oxygens (including phenoxy) is 6. The molecular weight excluding hydrogens is 901 g/mol. The number of amides is 2. The molecule has 410 valence electrons. The Morgan fingerprint density at radius 3 is 0.971 bits per heavy atom. The fourth-order valence-electron chi connectivity index (χ4n) is 9.06. The first-order valence-electron chi connectivity index (χ1n) is 27.8. The Balaban J connectivity index is 1.37. The Bertz CT molecular complexity index is 1190. The van der Waals surface area contributed by atoms with Gasteiger partial charge in [0, 0.05) is 26.3 Å². The zero-order valence-corrected chi connectivity index (χ0v) is 43.2. The molecule has 0 aromatic heterocycles. The van der Waals surface area contributed by atoms with E-state index in [0.29, 0.717) is 26.3 Å². The van der Waals surface area contributed by atoms with Gasteiger partial charge in [0.05, 0.1) is 13.2 Å². The van der Waals surface area contributed by atoms with Crippen molar-refractivity contribution in [3.05, 3.63) is 25.3 Å². The van der Waals surface area contributed by atoms with E-state index in [0.717, 1.165) is 116 Å². The lowest BCUT2D eigenvalue weighted by atomic mass is 9.99. The number of aliphatic hydroxyl groups excluding tert-OH is 6. The molecule has 16 nitrogen and oxygen atoms in total. The van der Waals surface area contributed by atoms with Crippen molar-refractivity contribution in [3.63, 3.8) is 0 Å². The molecule has 2 saturated heterocycles. The summed E-state index contributed by atoms with van der Waals surface area (Å²) in [6.45, 7) is 8.08. The normalized spacial score (nSPS) is 24.5. The van der Waals surface area contributed by atoms with Crippen LogP contribution in [0.15, 0.2) is 25.3 Å². The molecule has 2 rings (SSSR count). The minimum Gasteiger partial charge on any atom is -0.440 e. The third kappa shape index (κ3) is 29.4. The fraction of sp³-hybridized carbons (Fsp3) is 0.889. The van der Waals surface area contributed by atoms with Gasteiger partial charge in [0.25, 0.3) is 0 Å². The maximum atomic E-state index is 12.4. The minimum absolute atomic E-state index is 0.354. The maximum absolute atomic E-state index is 12.4. The first-order chi connectivity index (χ1) is 34.2. The molecule has 8 N–H and O–H groups in total. The second-order valence-electron chi connectivity index (χ2n) is 19.5. The number of unbranched alkanes of at least 4 members (excludes halogenated alkanes) is 29. The molecule has 2 aliphatic rings. The van der Waals surface area contributed by atoms with Gasteiger partial charge in [-0.1, -0.05) is 166 Å². The van der Waals surface area contributed by atoms with E-state index >= 15 is 0 Å². The standard InChI is InChI=1S/C54H100N2O14/c1-3-5-7-9-11-25-29-33-37-55-53(63)69-49-43(41-57)67-51(47(61)45(49)59)65-39-35-31-27-23-21-19-17-15-13-14-16-18-20-22-24-28-32-36-40-66-52-48(62)46(60)50(44(42-58)68-52)70-54(64)56-38-34-30-26-12-10-8-6-4-2/h3-4,43-52,57-62H,1-2,5-42H2,(H,55,63)(H,56,64)/t43-,44-,45-,46-,47-,48-,49+,50+,51+,52+/m1/s1. The predicted octanol–water partition coefficient (Wildman–Crippen LogP) is 8.94. The average Bonchev–Trinajstić information content (AvgIpc) is 3.36. The van der Waals surface area contributed by atoms with Crippen molar-refractivity contribution in [2.45, 2.75) is 267 Å². The molecule has 0 spiro atoms. The molecule has 2 amide bonds. The fourth-order valence-corrected chi connectivity index (χ4v) is 9.06. The van der Waals surface area contributed by atoms with Gasteiger partial charge in [0.15, 0.2) is 24.8 Å². The number of nitrogens with one attached hydrogen (secondary N) is 2. The van der Waals surface area contributed by atoms with Crippen molar-refractivity contribution in [1.29, 1.82) is 0 Å². The Morgan fingerprint density at radius 1 is 0.414 bits per heavy atom.